The van der Waals surface area contributed by atoms with Gasteiger partial charge in [0.25, 0.3) is 5.91 Å². The van der Waals surface area contributed by atoms with Crippen LogP contribution in [-0.2, 0) is 7.05 Å². The monoisotopic (exact) mass is 338 g/mol. The lowest BCUT2D eigenvalue weighted by Crippen LogP contribution is -2.28. The normalized spacial score (nSPS) is 17.4. The third-order valence-corrected chi connectivity index (χ3v) is 4.98. The van der Waals surface area contributed by atoms with E-state index in [1.165, 1.54) is 6.07 Å². The molecule has 0 radical (unpaired) electrons. The molecule has 0 spiro atoms. The van der Waals surface area contributed by atoms with Crippen molar-refractivity contribution in [3.8, 4) is 0 Å². The number of amides is 1. The predicted octanol–water partition coefficient (Wildman–Crippen LogP) is 3.05. The van der Waals surface area contributed by atoms with Crippen molar-refractivity contribution in [1.82, 2.24) is 19.4 Å². The summed E-state index contributed by atoms with van der Waals surface area (Å²) in [5.74, 6) is 0.677. The summed E-state index contributed by atoms with van der Waals surface area (Å²) in [6, 6.07) is 6.56. The lowest BCUT2D eigenvalue weighted by atomic mass is 10.1. The average Bonchev–Trinajstić information content (AvgIpc) is 3.22. The van der Waals surface area contributed by atoms with Crippen molar-refractivity contribution in [2.24, 2.45) is 7.05 Å². The SMILES string of the molecule is Cc1ccc(C(=O)N2CCC(c3nc4ccncc4n3C)C2)cc1F. The molecular formula is C19H19FN4O. The molecule has 0 aliphatic carbocycles. The summed E-state index contributed by atoms with van der Waals surface area (Å²) in [4.78, 5) is 23.3. The predicted molar refractivity (Wildman–Crippen MR) is 92.9 cm³/mol. The zero-order valence-electron chi connectivity index (χ0n) is 14.2. The molecule has 1 aliphatic heterocycles. The van der Waals surface area contributed by atoms with Crippen LogP contribution in [0.1, 0.15) is 34.1 Å². The van der Waals surface area contributed by atoms with Crippen LogP contribution in [0.3, 0.4) is 0 Å². The number of fused-ring (bicyclic) bond motifs is 1. The highest BCUT2D eigenvalue weighted by Crippen LogP contribution is 2.29. The zero-order valence-corrected chi connectivity index (χ0v) is 14.2. The number of likely N-dealkylation sites (tertiary alicyclic amines) is 1. The minimum Gasteiger partial charge on any atom is -0.338 e. The first-order valence-electron chi connectivity index (χ1n) is 8.36. The molecule has 128 valence electrons. The first-order valence-corrected chi connectivity index (χ1v) is 8.36. The van der Waals surface area contributed by atoms with E-state index < -0.39 is 0 Å². The summed E-state index contributed by atoms with van der Waals surface area (Å²) in [6.07, 6.45) is 4.39. The van der Waals surface area contributed by atoms with Gasteiger partial charge in [0.1, 0.15) is 11.6 Å². The van der Waals surface area contributed by atoms with E-state index in [4.69, 9.17) is 4.98 Å². The number of halogens is 1. The molecule has 1 fully saturated rings. The van der Waals surface area contributed by atoms with E-state index in [1.807, 2.05) is 17.7 Å². The van der Waals surface area contributed by atoms with Crippen LogP contribution in [0.4, 0.5) is 4.39 Å². The van der Waals surface area contributed by atoms with E-state index in [-0.39, 0.29) is 17.6 Å². The van der Waals surface area contributed by atoms with E-state index in [1.54, 1.807) is 36.4 Å². The molecule has 25 heavy (non-hydrogen) atoms. The first-order chi connectivity index (χ1) is 12.0. The Morgan fingerprint density at radius 2 is 2.16 bits per heavy atom. The molecule has 3 heterocycles. The number of pyridine rings is 1. The van der Waals surface area contributed by atoms with Crippen molar-refractivity contribution >= 4 is 16.9 Å². The van der Waals surface area contributed by atoms with Crippen LogP contribution in [0.2, 0.25) is 0 Å². The average molecular weight is 338 g/mol. The van der Waals surface area contributed by atoms with Gasteiger partial charge in [-0.15, -0.1) is 0 Å². The molecule has 1 unspecified atom stereocenters. The molecular weight excluding hydrogens is 319 g/mol. The van der Waals surface area contributed by atoms with Crippen LogP contribution in [0, 0.1) is 12.7 Å². The van der Waals surface area contributed by atoms with Crippen molar-refractivity contribution in [3.63, 3.8) is 0 Å². The second-order valence-electron chi connectivity index (χ2n) is 6.59. The molecule has 0 saturated carbocycles. The number of carbonyl (C=O) groups excluding carboxylic acids is 1. The second kappa shape index (κ2) is 5.95. The van der Waals surface area contributed by atoms with Gasteiger partial charge in [-0.25, -0.2) is 9.37 Å². The maximum absolute atomic E-state index is 13.7. The van der Waals surface area contributed by atoms with Crippen molar-refractivity contribution in [1.29, 1.82) is 0 Å². The minimum absolute atomic E-state index is 0.123. The summed E-state index contributed by atoms with van der Waals surface area (Å²) < 4.78 is 15.8. The maximum Gasteiger partial charge on any atom is 0.253 e. The van der Waals surface area contributed by atoms with Gasteiger partial charge in [-0.2, -0.15) is 0 Å². The van der Waals surface area contributed by atoms with Crippen LogP contribution in [-0.4, -0.2) is 38.4 Å². The molecule has 3 aromatic rings. The molecule has 4 rings (SSSR count). The molecule has 1 aliphatic rings. The number of hydrogen-bond acceptors (Lipinski definition) is 3. The third-order valence-electron chi connectivity index (χ3n) is 4.98. The molecule has 0 bridgehead atoms. The smallest absolute Gasteiger partial charge is 0.253 e. The van der Waals surface area contributed by atoms with Gasteiger partial charge >= 0.3 is 0 Å². The number of rotatable bonds is 2. The Bertz CT molecular complexity index is 965. The number of nitrogens with zero attached hydrogens (tertiary/aromatic N) is 4. The number of imidazole rings is 1. The molecule has 1 atom stereocenters. The van der Waals surface area contributed by atoms with Gasteiger partial charge in [0.2, 0.25) is 0 Å². The molecule has 1 aromatic carbocycles. The van der Waals surface area contributed by atoms with Crippen molar-refractivity contribution in [2.75, 3.05) is 13.1 Å². The highest BCUT2D eigenvalue weighted by Gasteiger charge is 2.31. The van der Waals surface area contributed by atoms with Gasteiger partial charge in [0.05, 0.1) is 17.2 Å². The highest BCUT2D eigenvalue weighted by molar-refractivity contribution is 5.94. The van der Waals surface area contributed by atoms with Crippen LogP contribution in [0.15, 0.2) is 36.7 Å². The maximum atomic E-state index is 13.7. The minimum atomic E-state index is -0.343. The van der Waals surface area contributed by atoms with E-state index in [2.05, 4.69) is 4.98 Å². The molecule has 0 N–H and O–H groups in total. The Morgan fingerprint density at radius 1 is 1.32 bits per heavy atom. The lowest BCUT2D eigenvalue weighted by Gasteiger charge is -2.17. The summed E-state index contributed by atoms with van der Waals surface area (Å²) in [7, 11) is 1.98. The Kier molecular flexibility index (Phi) is 3.75. The van der Waals surface area contributed by atoms with Gasteiger partial charge in [0, 0.05) is 37.8 Å². The molecule has 6 heteroatoms. The number of carbonyl (C=O) groups is 1. The highest BCUT2D eigenvalue weighted by atomic mass is 19.1. The summed E-state index contributed by atoms with van der Waals surface area (Å²) in [5.41, 5.74) is 2.85. The Labute approximate surface area is 145 Å². The number of hydrogen-bond donors (Lipinski definition) is 0. The van der Waals surface area contributed by atoms with Gasteiger partial charge in [-0.05, 0) is 37.1 Å². The number of aryl methyl sites for hydroxylation is 2. The van der Waals surface area contributed by atoms with Crippen LogP contribution < -0.4 is 0 Å². The number of benzene rings is 1. The van der Waals surface area contributed by atoms with Crippen LogP contribution in [0.25, 0.3) is 11.0 Å². The Hall–Kier alpha value is -2.76. The van der Waals surface area contributed by atoms with Crippen molar-refractivity contribution in [2.45, 2.75) is 19.3 Å². The van der Waals surface area contributed by atoms with Gasteiger partial charge in [-0.1, -0.05) is 6.07 Å². The van der Waals surface area contributed by atoms with Crippen molar-refractivity contribution < 1.29 is 9.18 Å². The quantitative estimate of drug-likeness (QED) is 0.722. The van der Waals surface area contributed by atoms with Crippen molar-refractivity contribution in [3.05, 3.63) is 59.4 Å². The third kappa shape index (κ3) is 2.67. The molecule has 2 aromatic heterocycles. The topological polar surface area (TPSA) is 51.0 Å². The zero-order chi connectivity index (χ0) is 17.6. The Balaban J connectivity index is 1.57. The van der Waals surface area contributed by atoms with Crippen LogP contribution in [0.5, 0.6) is 0 Å². The van der Waals surface area contributed by atoms with Crippen LogP contribution >= 0.6 is 0 Å². The fourth-order valence-electron chi connectivity index (χ4n) is 3.48. The fourth-order valence-corrected chi connectivity index (χ4v) is 3.48. The van der Waals surface area contributed by atoms with E-state index in [0.29, 0.717) is 24.2 Å². The number of aromatic nitrogens is 3. The van der Waals surface area contributed by atoms with Gasteiger partial charge < -0.3 is 9.47 Å². The summed E-state index contributed by atoms with van der Waals surface area (Å²) in [5, 5.41) is 0. The fraction of sp³-hybridized carbons (Fsp3) is 0.316. The van der Waals surface area contributed by atoms with E-state index in [9.17, 15) is 9.18 Å². The van der Waals surface area contributed by atoms with Gasteiger partial charge in [-0.3, -0.25) is 9.78 Å². The molecule has 1 saturated heterocycles. The first kappa shape index (κ1) is 15.7. The lowest BCUT2D eigenvalue weighted by molar-refractivity contribution is 0.0790. The Morgan fingerprint density at radius 3 is 2.92 bits per heavy atom. The standard InChI is InChI=1S/C19H19FN4O/c1-12-3-4-13(9-15(12)20)19(25)24-8-6-14(11-24)18-22-16-5-7-21-10-17(16)23(18)2/h3-5,7,9-10,14H,6,8,11H2,1-2H3. The molecule has 1 amide bonds. The summed E-state index contributed by atoms with van der Waals surface area (Å²) in [6.45, 7) is 2.94. The largest absolute Gasteiger partial charge is 0.338 e. The molecule has 5 nitrogen and oxygen atoms in total. The van der Waals surface area contributed by atoms with E-state index in [0.717, 1.165) is 23.3 Å². The second-order valence-corrected chi connectivity index (χ2v) is 6.59. The van der Waals surface area contributed by atoms with E-state index >= 15 is 0 Å². The van der Waals surface area contributed by atoms with Gasteiger partial charge in [0.15, 0.2) is 0 Å². The summed E-state index contributed by atoms with van der Waals surface area (Å²) >= 11 is 0.